The number of cyclic esters (lactones) is 1. The molecule has 6 nitrogen and oxygen atoms in total. The van der Waals surface area contributed by atoms with Gasteiger partial charge in [-0.3, -0.25) is 0 Å². The fraction of sp³-hybridized carbons (Fsp3) is 0.389. The number of thiophene rings is 1. The molecule has 144 valence electrons. The zero-order valence-electron chi connectivity index (χ0n) is 14.5. The zero-order valence-corrected chi connectivity index (χ0v) is 16.8. The molecule has 0 N–H and O–H groups in total. The van der Waals surface area contributed by atoms with Gasteiger partial charge in [-0.1, -0.05) is 41.9 Å². The molecule has 1 unspecified atom stereocenters. The number of piperidine rings is 1. The normalized spacial score (nSPS) is 22.2. The van der Waals surface area contributed by atoms with Crippen LogP contribution in [0.1, 0.15) is 24.5 Å². The number of nitrogens with zero attached hydrogens (tertiary/aromatic N) is 2. The van der Waals surface area contributed by atoms with Crippen LogP contribution in [0.4, 0.5) is 4.79 Å². The molecule has 4 rings (SSSR count). The fourth-order valence-corrected chi connectivity index (χ4v) is 6.68. The maximum absolute atomic E-state index is 12.7. The van der Waals surface area contributed by atoms with Gasteiger partial charge in [0.05, 0.1) is 10.9 Å². The third-order valence-electron chi connectivity index (χ3n) is 5.02. The summed E-state index contributed by atoms with van der Waals surface area (Å²) in [5.41, 5.74) is 0.975. The molecule has 0 saturated carbocycles. The second-order valence-corrected chi connectivity index (χ2v) is 10.5. The Hall–Kier alpha value is -1.61. The topological polar surface area (TPSA) is 66.9 Å². The van der Waals surface area contributed by atoms with Gasteiger partial charge in [-0.05, 0) is 30.5 Å². The van der Waals surface area contributed by atoms with Crippen molar-refractivity contribution in [1.29, 1.82) is 0 Å². The molecule has 2 aliphatic rings. The molecule has 9 heteroatoms. The molecule has 3 heterocycles. The van der Waals surface area contributed by atoms with Crippen LogP contribution in [0.2, 0.25) is 4.34 Å². The summed E-state index contributed by atoms with van der Waals surface area (Å²) in [7, 11) is -3.52. The summed E-state index contributed by atoms with van der Waals surface area (Å²) >= 11 is 6.94. The van der Waals surface area contributed by atoms with Crippen LogP contribution in [0.25, 0.3) is 0 Å². The van der Waals surface area contributed by atoms with Crippen molar-refractivity contribution >= 4 is 39.1 Å². The van der Waals surface area contributed by atoms with Gasteiger partial charge < -0.3 is 9.64 Å². The van der Waals surface area contributed by atoms with E-state index < -0.39 is 10.0 Å². The number of sulfonamides is 1. The standard InChI is InChI=1S/C18H19ClN2O4S2/c19-16-6-7-17(26-16)27(23,24)20-10-8-14(9-11-20)21-12-15(25-18(21)22)13-4-2-1-3-5-13/h1-7,14-15H,8-12H2. The molecule has 0 radical (unpaired) electrons. The summed E-state index contributed by atoms with van der Waals surface area (Å²) in [6, 6.07) is 12.8. The molecule has 0 aliphatic carbocycles. The van der Waals surface area contributed by atoms with Crippen molar-refractivity contribution in [3.63, 3.8) is 0 Å². The first-order valence-electron chi connectivity index (χ1n) is 8.73. The number of carbonyl (C=O) groups is 1. The Bertz CT molecular complexity index is 924. The van der Waals surface area contributed by atoms with Gasteiger partial charge in [-0.2, -0.15) is 4.31 Å². The van der Waals surface area contributed by atoms with Gasteiger partial charge in [0, 0.05) is 19.1 Å². The highest BCUT2D eigenvalue weighted by Crippen LogP contribution is 2.33. The third-order valence-corrected chi connectivity index (χ3v) is 8.62. The lowest BCUT2D eigenvalue weighted by atomic mass is 10.0. The molecule has 1 amide bonds. The van der Waals surface area contributed by atoms with Gasteiger partial charge in [-0.25, -0.2) is 13.2 Å². The molecule has 2 saturated heterocycles. The average molecular weight is 427 g/mol. The van der Waals surface area contributed by atoms with Crippen molar-refractivity contribution in [3.05, 3.63) is 52.4 Å². The van der Waals surface area contributed by atoms with Crippen molar-refractivity contribution in [2.45, 2.75) is 29.2 Å². The Morgan fingerprint density at radius 3 is 2.41 bits per heavy atom. The molecule has 27 heavy (non-hydrogen) atoms. The highest BCUT2D eigenvalue weighted by atomic mass is 35.5. The Kier molecular flexibility index (Phi) is 5.15. The van der Waals surface area contributed by atoms with Gasteiger partial charge in [0.25, 0.3) is 10.0 Å². The van der Waals surface area contributed by atoms with E-state index in [1.54, 1.807) is 11.0 Å². The van der Waals surface area contributed by atoms with Crippen LogP contribution in [0.3, 0.4) is 0 Å². The predicted molar refractivity (Wildman–Crippen MR) is 103 cm³/mol. The van der Waals surface area contributed by atoms with Gasteiger partial charge in [0.15, 0.2) is 0 Å². The second kappa shape index (κ2) is 7.43. The number of rotatable bonds is 4. The number of amides is 1. The first kappa shape index (κ1) is 18.7. The Labute approximate surface area is 167 Å². The van der Waals surface area contributed by atoms with Gasteiger partial charge in [-0.15, -0.1) is 11.3 Å². The maximum atomic E-state index is 12.7. The highest BCUT2D eigenvalue weighted by molar-refractivity contribution is 7.91. The smallest absolute Gasteiger partial charge is 0.410 e. The lowest BCUT2D eigenvalue weighted by Crippen LogP contribution is -2.46. The van der Waals surface area contributed by atoms with Gasteiger partial charge in [0.2, 0.25) is 0 Å². The van der Waals surface area contributed by atoms with Crippen LogP contribution >= 0.6 is 22.9 Å². The summed E-state index contributed by atoms with van der Waals surface area (Å²) in [5, 5.41) is 0. The summed E-state index contributed by atoms with van der Waals surface area (Å²) in [6.45, 7) is 1.26. The monoisotopic (exact) mass is 426 g/mol. The number of halogens is 1. The Balaban J connectivity index is 1.40. The molecule has 2 aromatic rings. The molecule has 0 bridgehead atoms. The van der Waals surface area contributed by atoms with E-state index in [9.17, 15) is 13.2 Å². The van der Waals surface area contributed by atoms with E-state index in [1.165, 1.54) is 10.4 Å². The first-order chi connectivity index (χ1) is 12.9. The van der Waals surface area contributed by atoms with Crippen LogP contribution in [0.5, 0.6) is 0 Å². The summed E-state index contributed by atoms with van der Waals surface area (Å²) in [4.78, 5) is 14.1. The van der Waals surface area contributed by atoms with Crippen molar-refractivity contribution in [2.75, 3.05) is 19.6 Å². The van der Waals surface area contributed by atoms with E-state index in [-0.39, 0.29) is 22.4 Å². The predicted octanol–water partition coefficient (Wildman–Crippen LogP) is 3.75. The van der Waals surface area contributed by atoms with E-state index in [0.717, 1.165) is 16.9 Å². The zero-order chi connectivity index (χ0) is 19.0. The largest absolute Gasteiger partial charge is 0.439 e. The SMILES string of the molecule is O=C1OC(c2ccccc2)CN1C1CCN(S(=O)(=O)c2ccc(Cl)s2)CC1. The minimum atomic E-state index is -3.52. The quantitative estimate of drug-likeness (QED) is 0.746. The maximum Gasteiger partial charge on any atom is 0.410 e. The summed E-state index contributed by atoms with van der Waals surface area (Å²) in [6.07, 6.45) is 0.591. The van der Waals surface area contributed by atoms with E-state index in [1.807, 2.05) is 30.3 Å². The molecule has 0 spiro atoms. The second-order valence-electron chi connectivity index (χ2n) is 6.63. The molecule has 2 fully saturated rings. The molecule has 2 aliphatic heterocycles. The molecule has 1 atom stereocenters. The van der Waals surface area contributed by atoms with Crippen LogP contribution in [0.15, 0.2) is 46.7 Å². The molecular formula is C18H19ClN2O4S2. The number of hydrogen-bond donors (Lipinski definition) is 0. The highest BCUT2D eigenvalue weighted by Gasteiger charge is 2.39. The van der Waals surface area contributed by atoms with Crippen LogP contribution in [-0.2, 0) is 14.8 Å². The van der Waals surface area contributed by atoms with E-state index >= 15 is 0 Å². The van der Waals surface area contributed by atoms with E-state index in [4.69, 9.17) is 16.3 Å². The number of ether oxygens (including phenoxy) is 1. The Morgan fingerprint density at radius 1 is 1.07 bits per heavy atom. The average Bonchev–Trinajstić information content (AvgIpc) is 3.29. The van der Waals surface area contributed by atoms with Crippen molar-refractivity contribution < 1.29 is 17.9 Å². The van der Waals surface area contributed by atoms with E-state index in [2.05, 4.69) is 0 Å². The van der Waals surface area contributed by atoms with Crippen molar-refractivity contribution in [1.82, 2.24) is 9.21 Å². The Morgan fingerprint density at radius 2 is 1.78 bits per heavy atom. The van der Waals surface area contributed by atoms with Gasteiger partial charge >= 0.3 is 6.09 Å². The molecule has 1 aromatic heterocycles. The van der Waals surface area contributed by atoms with Crippen LogP contribution < -0.4 is 0 Å². The fourth-order valence-electron chi connectivity index (χ4n) is 3.58. The number of hydrogen-bond acceptors (Lipinski definition) is 5. The number of carbonyl (C=O) groups excluding carboxylic acids is 1. The summed E-state index contributed by atoms with van der Waals surface area (Å²) in [5.74, 6) is 0. The first-order valence-corrected chi connectivity index (χ1v) is 11.4. The van der Waals surface area contributed by atoms with Crippen molar-refractivity contribution in [2.24, 2.45) is 0 Å². The lowest BCUT2D eigenvalue weighted by Gasteiger charge is -2.34. The van der Waals surface area contributed by atoms with E-state index in [0.29, 0.717) is 36.8 Å². The minimum absolute atomic E-state index is 0.00964. The molecular weight excluding hydrogens is 408 g/mol. The van der Waals surface area contributed by atoms with Crippen LogP contribution in [-0.4, -0.2) is 49.4 Å². The lowest BCUT2D eigenvalue weighted by molar-refractivity contribution is 0.121. The summed E-state index contributed by atoms with van der Waals surface area (Å²) < 4.78 is 33.1. The van der Waals surface area contributed by atoms with Gasteiger partial charge in [0.1, 0.15) is 10.3 Å². The van der Waals surface area contributed by atoms with Crippen LogP contribution in [0, 0.1) is 0 Å². The molecule has 1 aromatic carbocycles. The number of benzene rings is 1. The third kappa shape index (κ3) is 3.71. The minimum Gasteiger partial charge on any atom is -0.439 e. The van der Waals surface area contributed by atoms with Crippen molar-refractivity contribution in [3.8, 4) is 0 Å².